The van der Waals surface area contributed by atoms with Crippen molar-refractivity contribution in [3.63, 3.8) is 0 Å². The Labute approximate surface area is 176 Å². The van der Waals surface area contributed by atoms with Gasteiger partial charge in [-0.25, -0.2) is 8.42 Å². The summed E-state index contributed by atoms with van der Waals surface area (Å²) in [6, 6.07) is 12.6. The standard InChI is InChI=1S/C22H25N3O4S/c1-15-7-8-20(16(2)13-15)30(28,29)25-11-9-24(10-12-25)22(27)18-14-21(26)23-19-6-4-3-5-17(18)19/h3-8,13,18H,9-12,14H2,1-2H3,(H,23,26)/t18-/m0/s1. The predicted molar refractivity (Wildman–Crippen MR) is 114 cm³/mol. The predicted octanol–water partition coefficient (Wildman–Crippen LogP) is 2.26. The van der Waals surface area contributed by atoms with Gasteiger partial charge < -0.3 is 10.2 Å². The molecule has 2 aromatic rings. The van der Waals surface area contributed by atoms with Crippen LogP contribution < -0.4 is 5.32 Å². The minimum absolute atomic E-state index is 0.108. The lowest BCUT2D eigenvalue weighted by Gasteiger charge is -2.37. The zero-order valence-corrected chi connectivity index (χ0v) is 17.9. The van der Waals surface area contributed by atoms with Gasteiger partial charge in [-0.1, -0.05) is 35.9 Å². The molecule has 2 aliphatic heterocycles. The molecule has 0 bridgehead atoms. The number of carbonyl (C=O) groups is 2. The van der Waals surface area contributed by atoms with Crippen LogP contribution >= 0.6 is 0 Å². The topological polar surface area (TPSA) is 86.8 Å². The summed E-state index contributed by atoms with van der Waals surface area (Å²) in [6.07, 6.45) is 0.108. The number of piperazine rings is 1. The van der Waals surface area contributed by atoms with Crippen molar-refractivity contribution in [3.05, 3.63) is 59.2 Å². The van der Waals surface area contributed by atoms with Crippen LogP contribution in [-0.4, -0.2) is 55.6 Å². The van der Waals surface area contributed by atoms with E-state index in [1.807, 2.05) is 31.2 Å². The third kappa shape index (κ3) is 3.73. The Morgan fingerprint density at radius 2 is 1.73 bits per heavy atom. The molecule has 0 unspecified atom stereocenters. The van der Waals surface area contributed by atoms with E-state index in [2.05, 4.69) is 5.32 Å². The number of anilines is 1. The summed E-state index contributed by atoms with van der Waals surface area (Å²) in [7, 11) is -3.61. The number of nitrogens with one attached hydrogen (secondary N) is 1. The van der Waals surface area contributed by atoms with Crippen LogP contribution in [0.15, 0.2) is 47.4 Å². The molecule has 7 nitrogen and oxygen atoms in total. The molecule has 0 spiro atoms. The quantitative estimate of drug-likeness (QED) is 0.814. The van der Waals surface area contributed by atoms with Crippen LogP contribution in [0.5, 0.6) is 0 Å². The van der Waals surface area contributed by atoms with Crippen molar-refractivity contribution in [2.45, 2.75) is 31.1 Å². The highest BCUT2D eigenvalue weighted by Gasteiger charge is 2.36. The Morgan fingerprint density at radius 3 is 2.43 bits per heavy atom. The van der Waals surface area contributed by atoms with Gasteiger partial charge in [-0.3, -0.25) is 9.59 Å². The monoisotopic (exact) mass is 427 g/mol. The maximum atomic E-state index is 13.2. The number of amides is 2. The van der Waals surface area contributed by atoms with E-state index >= 15 is 0 Å². The van der Waals surface area contributed by atoms with Gasteiger partial charge in [0.15, 0.2) is 0 Å². The molecular formula is C22H25N3O4S. The van der Waals surface area contributed by atoms with Crippen molar-refractivity contribution >= 4 is 27.5 Å². The van der Waals surface area contributed by atoms with Crippen molar-refractivity contribution < 1.29 is 18.0 Å². The lowest BCUT2D eigenvalue weighted by molar-refractivity contribution is -0.136. The van der Waals surface area contributed by atoms with Gasteiger partial charge in [0.1, 0.15) is 0 Å². The number of sulfonamides is 1. The van der Waals surface area contributed by atoms with E-state index in [0.29, 0.717) is 23.7 Å². The minimum atomic E-state index is -3.61. The first-order valence-corrected chi connectivity index (χ1v) is 11.5. The van der Waals surface area contributed by atoms with Crippen LogP contribution in [-0.2, 0) is 19.6 Å². The number of para-hydroxylation sites is 1. The molecule has 1 N–H and O–H groups in total. The minimum Gasteiger partial charge on any atom is -0.340 e. The fourth-order valence-electron chi connectivity index (χ4n) is 4.23. The molecule has 2 aromatic carbocycles. The number of fused-ring (bicyclic) bond motifs is 1. The molecule has 1 atom stereocenters. The first-order chi connectivity index (χ1) is 14.3. The number of hydrogen-bond donors (Lipinski definition) is 1. The highest BCUT2D eigenvalue weighted by Crippen LogP contribution is 2.33. The summed E-state index contributed by atoms with van der Waals surface area (Å²) in [5.74, 6) is -0.832. The van der Waals surface area contributed by atoms with Crippen LogP contribution in [0, 0.1) is 13.8 Å². The van der Waals surface area contributed by atoms with E-state index < -0.39 is 15.9 Å². The molecule has 0 aromatic heterocycles. The Balaban J connectivity index is 1.48. The number of aryl methyl sites for hydroxylation is 2. The van der Waals surface area contributed by atoms with Crippen LogP contribution in [0.2, 0.25) is 0 Å². The second-order valence-corrected chi connectivity index (χ2v) is 9.80. The van der Waals surface area contributed by atoms with Gasteiger partial charge in [0.25, 0.3) is 0 Å². The van der Waals surface area contributed by atoms with Gasteiger partial charge >= 0.3 is 0 Å². The largest absolute Gasteiger partial charge is 0.340 e. The maximum Gasteiger partial charge on any atom is 0.243 e. The van der Waals surface area contributed by atoms with Gasteiger partial charge in [-0.2, -0.15) is 4.31 Å². The summed E-state index contributed by atoms with van der Waals surface area (Å²) in [6.45, 7) is 4.82. The molecular weight excluding hydrogens is 402 g/mol. The fourth-order valence-corrected chi connectivity index (χ4v) is 5.86. The van der Waals surface area contributed by atoms with Crippen molar-refractivity contribution in [1.29, 1.82) is 0 Å². The molecule has 0 aliphatic carbocycles. The summed E-state index contributed by atoms with van der Waals surface area (Å²) in [5.41, 5.74) is 3.22. The van der Waals surface area contributed by atoms with E-state index in [0.717, 1.165) is 16.7 Å². The third-order valence-electron chi connectivity index (χ3n) is 5.80. The molecule has 2 heterocycles. The molecule has 0 saturated carbocycles. The van der Waals surface area contributed by atoms with Gasteiger partial charge in [0, 0.05) is 38.3 Å². The molecule has 1 fully saturated rings. The van der Waals surface area contributed by atoms with E-state index in [9.17, 15) is 18.0 Å². The Hall–Kier alpha value is -2.71. The van der Waals surface area contributed by atoms with Crippen molar-refractivity contribution in [3.8, 4) is 0 Å². The molecule has 158 valence electrons. The molecule has 8 heteroatoms. The summed E-state index contributed by atoms with van der Waals surface area (Å²) >= 11 is 0. The van der Waals surface area contributed by atoms with Crippen LogP contribution in [0.3, 0.4) is 0 Å². The number of benzene rings is 2. The number of carbonyl (C=O) groups excluding carboxylic acids is 2. The molecule has 2 aliphatic rings. The second-order valence-electron chi connectivity index (χ2n) is 7.89. The van der Waals surface area contributed by atoms with E-state index in [4.69, 9.17) is 0 Å². The summed E-state index contributed by atoms with van der Waals surface area (Å²) < 4.78 is 27.6. The smallest absolute Gasteiger partial charge is 0.243 e. The van der Waals surface area contributed by atoms with Crippen molar-refractivity contribution in [2.24, 2.45) is 0 Å². The Bertz CT molecular complexity index is 1110. The first-order valence-electron chi connectivity index (χ1n) is 10.0. The number of nitrogens with zero attached hydrogens (tertiary/aromatic N) is 2. The second kappa shape index (κ2) is 7.85. The highest BCUT2D eigenvalue weighted by molar-refractivity contribution is 7.89. The molecule has 2 amide bonds. The van der Waals surface area contributed by atoms with Crippen molar-refractivity contribution in [2.75, 3.05) is 31.5 Å². The fraction of sp³-hybridized carbons (Fsp3) is 0.364. The van der Waals surface area contributed by atoms with Gasteiger partial charge in [-0.05, 0) is 37.1 Å². The van der Waals surface area contributed by atoms with Crippen LogP contribution in [0.25, 0.3) is 0 Å². The molecule has 4 rings (SSSR count). The number of rotatable bonds is 3. The Morgan fingerprint density at radius 1 is 1.03 bits per heavy atom. The molecule has 30 heavy (non-hydrogen) atoms. The Kier molecular flexibility index (Phi) is 5.38. The zero-order chi connectivity index (χ0) is 21.5. The third-order valence-corrected chi connectivity index (χ3v) is 7.86. The summed E-state index contributed by atoms with van der Waals surface area (Å²) in [4.78, 5) is 27.2. The SMILES string of the molecule is Cc1ccc(S(=O)(=O)N2CCN(C(=O)[C@H]3CC(=O)Nc4ccccc43)CC2)c(C)c1. The average Bonchev–Trinajstić information content (AvgIpc) is 2.72. The average molecular weight is 428 g/mol. The molecule has 1 saturated heterocycles. The van der Waals surface area contributed by atoms with E-state index in [1.165, 1.54) is 4.31 Å². The normalized spacial score (nSPS) is 19.9. The lowest BCUT2D eigenvalue weighted by Crippen LogP contribution is -2.52. The first kappa shape index (κ1) is 20.6. The van der Waals surface area contributed by atoms with Gasteiger partial charge in [0.2, 0.25) is 21.8 Å². The lowest BCUT2D eigenvalue weighted by atomic mass is 9.89. The van der Waals surface area contributed by atoms with E-state index in [-0.39, 0.29) is 31.3 Å². The zero-order valence-electron chi connectivity index (χ0n) is 17.1. The highest BCUT2D eigenvalue weighted by atomic mass is 32.2. The number of hydrogen-bond acceptors (Lipinski definition) is 4. The summed E-state index contributed by atoms with van der Waals surface area (Å²) in [5, 5.41) is 2.80. The van der Waals surface area contributed by atoms with Gasteiger partial charge in [-0.15, -0.1) is 0 Å². The van der Waals surface area contributed by atoms with Crippen molar-refractivity contribution in [1.82, 2.24) is 9.21 Å². The van der Waals surface area contributed by atoms with Crippen LogP contribution in [0.1, 0.15) is 29.0 Å². The maximum absolute atomic E-state index is 13.2. The van der Waals surface area contributed by atoms with Gasteiger partial charge in [0.05, 0.1) is 10.8 Å². The van der Waals surface area contributed by atoms with Crippen LogP contribution in [0.4, 0.5) is 5.69 Å². The molecule has 0 radical (unpaired) electrons. The van der Waals surface area contributed by atoms with E-state index in [1.54, 1.807) is 30.0 Å².